The average Bonchev–Trinajstić information content (AvgIpc) is 2.47. The van der Waals surface area contributed by atoms with Gasteiger partial charge in [-0.05, 0) is 47.5 Å². The van der Waals surface area contributed by atoms with E-state index in [1.54, 1.807) is 0 Å². The molecule has 0 saturated heterocycles. The van der Waals surface area contributed by atoms with Gasteiger partial charge in [0, 0.05) is 12.1 Å². The van der Waals surface area contributed by atoms with E-state index in [-0.39, 0.29) is 23.0 Å². The van der Waals surface area contributed by atoms with E-state index in [2.05, 4.69) is 0 Å². The highest BCUT2D eigenvalue weighted by Crippen LogP contribution is 2.25. The lowest BCUT2D eigenvalue weighted by molar-refractivity contribution is -0.132. The van der Waals surface area contributed by atoms with Gasteiger partial charge in [0.2, 0.25) is 0 Å². The van der Waals surface area contributed by atoms with Crippen LogP contribution in [0.2, 0.25) is 0 Å². The smallest absolute Gasteiger partial charge is 0.335 e. The number of phenolic OH excluding ortho intramolecular Hbond substituents is 4. The molecule has 6 nitrogen and oxygen atoms in total. The minimum absolute atomic E-state index is 0.108. The summed E-state index contributed by atoms with van der Waals surface area (Å²) in [5.74, 6) is -1.41. The lowest BCUT2D eigenvalue weighted by Crippen LogP contribution is -1.93. The number of benzene rings is 2. The second kappa shape index (κ2) is 7.04. The molecule has 0 atom stereocenters. The van der Waals surface area contributed by atoms with Crippen LogP contribution in [0.4, 0.5) is 0 Å². The highest BCUT2D eigenvalue weighted by atomic mass is 16.5. The van der Waals surface area contributed by atoms with Gasteiger partial charge < -0.3 is 25.2 Å². The zero-order valence-corrected chi connectivity index (χ0v) is 11.9. The topological polar surface area (TPSA) is 107 Å². The Morgan fingerprint density at radius 3 is 2.17 bits per heavy atom. The minimum Gasteiger partial charge on any atom is -0.508 e. The minimum atomic E-state index is -0.654. The van der Waals surface area contributed by atoms with Gasteiger partial charge in [-0.15, -0.1) is 0 Å². The Hall–Kier alpha value is -3.41. The van der Waals surface area contributed by atoms with Crippen LogP contribution in [-0.2, 0) is 9.53 Å². The van der Waals surface area contributed by atoms with Gasteiger partial charge in [-0.3, -0.25) is 0 Å². The summed E-state index contributed by atoms with van der Waals surface area (Å²) in [6, 6.07) is 8.07. The number of carbonyl (C=O) groups is 1. The first kappa shape index (κ1) is 16.0. The SMILES string of the molecule is O=C(C=Cc1ccc(O)c(O)c1)OC=Cc1cc(O)cc(O)c1. The Kier molecular flexibility index (Phi) is 4.89. The van der Waals surface area contributed by atoms with E-state index < -0.39 is 5.97 Å². The van der Waals surface area contributed by atoms with Crippen LogP contribution in [0, 0.1) is 0 Å². The number of carbonyl (C=O) groups excluding carboxylic acids is 1. The van der Waals surface area contributed by atoms with E-state index in [1.165, 1.54) is 48.6 Å². The Balaban J connectivity index is 1.95. The molecule has 0 amide bonds. The van der Waals surface area contributed by atoms with Gasteiger partial charge in [0.25, 0.3) is 0 Å². The predicted octanol–water partition coefficient (Wildman–Crippen LogP) is 2.74. The highest BCUT2D eigenvalue weighted by Gasteiger charge is 2.00. The number of ether oxygens (including phenoxy) is 1. The van der Waals surface area contributed by atoms with E-state index in [0.717, 1.165) is 12.3 Å². The van der Waals surface area contributed by atoms with Crippen LogP contribution in [0.3, 0.4) is 0 Å². The summed E-state index contributed by atoms with van der Waals surface area (Å²) in [6.07, 6.45) is 5.08. The van der Waals surface area contributed by atoms with Gasteiger partial charge in [0.1, 0.15) is 11.5 Å². The van der Waals surface area contributed by atoms with E-state index in [9.17, 15) is 25.2 Å². The average molecular weight is 314 g/mol. The first-order chi connectivity index (χ1) is 10.9. The van der Waals surface area contributed by atoms with Crippen molar-refractivity contribution >= 4 is 18.1 Å². The third-order valence-electron chi connectivity index (χ3n) is 2.78. The molecule has 0 spiro atoms. The van der Waals surface area contributed by atoms with Gasteiger partial charge in [-0.25, -0.2) is 4.79 Å². The molecule has 0 radical (unpaired) electrons. The van der Waals surface area contributed by atoms with Crippen LogP contribution < -0.4 is 0 Å². The monoisotopic (exact) mass is 314 g/mol. The zero-order chi connectivity index (χ0) is 16.8. The largest absolute Gasteiger partial charge is 0.508 e. The van der Waals surface area contributed by atoms with E-state index in [1.807, 2.05) is 0 Å². The Morgan fingerprint density at radius 1 is 0.826 bits per heavy atom. The van der Waals surface area contributed by atoms with Crippen LogP contribution in [-0.4, -0.2) is 26.4 Å². The van der Waals surface area contributed by atoms with Gasteiger partial charge in [-0.2, -0.15) is 0 Å². The maximum Gasteiger partial charge on any atom is 0.335 e. The number of hydrogen-bond acceptors (Lipinski definition) is 6. The normalized spacial score (nSPS) is 11.1. The summed E-state index contributed by atoms with van der Waals surface area (Å²) >= 11 is 0. The van der Waals surface area contributed by atoms with Crippen molar-refractivity contribution in [1.29, 1.82) is 0 Å². The Bertz CT molecular complexity index is 756. The molecule has 0 unspecified atom stereocenters. The Morgan fingerprint density at radius 2 is 1.52 bits per heavy atom. The molecule has 0 saturated carbocycles. The maximum atomic E-state index is 11.5. The van der Waals surface area contributed by atoms with E-state index in [4.69, 9.17) is 4.74 Å². The van der Waals surface area contributed by atoms with Gasteiger partial charge in [0.15, 0.2) is 11.5 Å². The molecule has 0 aliphatic heterocycles. The summed E-state index contributed by atoms with van der Waals surface area (Å²) < 4.78 is 4.82. The molecule has 0 fully saturated rings. The van der Waals surface area contributed by atoms with Crippen molar-refractivity contribution in [3.05, 3.63) is 59.9 Å². The molecule has 2 rings (SSSR count). The molecule has 4 N–H and O–H groups in total. The highest BCUT2D eigenvalue weighted by molar-refractivity contribution is 5.87. The molecular weight excluding hydrogens is 300 g/mol. The van der Waals surface area contributed by atoms with Crippen molar-refractivity contribution in [3.63, 3.8) is 0 Å². The molecule has 6 heteroatoms. The Labute approximate surface area is 131 Å². The summed E-state index contributed by atoms with van der Waals surface area (Å²) in [6.45, 7) is 0. The molecule has 0 aliphatic rings. The van der Waals surface area contributed by atoms with Crippen molar-refractivity contribution < 1.29 is 30.0 Å². The standard InChI is InChI=1S/C17H14O6/c18-13-7-12(8-14(19)10-13)5-6-23-17(22)4-2-11-1-3-15(20)16(21)9-11/h1-10,18-21H. The summed E-state index contributed by atoms with van der Waals surface area (Å²) in [7, 11) is 0. The molecular formula is C17H14O6. The molecule has 0 aromatic heterocycles. The second-order valence-corrected chi connectivity index (χ2v) is 4.60. The third kappa shape index (κ3) is 4.82. The number of phenols is 4. The van der Waals surface area contributed by atoms with E-state index in [0.29, 0.717) is 11.1 Å². The molecule has 0 bridgehead atoms. The van der Waals surface area contributed by atoms with Crippen molar-refractivity contribution in [1.82, 2.24) is 0 Å². The first-order valence-corrected chi connectivity index (χ1v) is 6.54. The summed E-state index contributed by atoms with van der Waals surface area (Å²) in [4.78, 5) is 11.5. The number of esters is 1. The van der Waals surface area contributed by atoms with Crippen LogP contribution >= 0.6 is 0 Å². The lowest BCUT2D eigenvalue weighted by Gasteiger charge is -1.99. The summed E-state index contributed by atoms with van der Waals surface area (Å²) in [5.41, 5.74) is 0.974. The van der Waals surface area contributed by atoms with Crippen molar-refractivity contribution in [3.8, 4) is 23.0 Å². The third-order valence-corrected chi connectivity index (χ3v) is 2.78. The number of hydrogen-bond donors (Lipinski definition) is 4. The fraction of sp³-hybridized carbons (Fsp3) is 0. The van der Waals surface area contributed by atoms with Crippen LogP contribution in [0.15, 0.2) is 48.7 Å². The summed E-state index contributed by atoms with van der Waals surface area (Å²) in [5, 5.41) is 37.1. The molecule has 23 heavy (non-hydrogen) atoms. The van der Waals surface area contributed by atoms with Crippen molar-refractivity contribution in [2.45, 2.75) is 0 Å². The van der Waals surface area contributed by atoms with Gasteiger partial charge in [0.05, 0.1) is 6.26 Å². The molecule has 0 heterocycles. The number of aromatic hydroxyl groups is 4. The van der Waals surface area contributed by atoms with E-state index >= 15 is 0 Å². The van der Waals surface area contributed by atoms with Crippen LogP contribution in [0.25, 0.3) is 12.2 Å². The second-order valence-electron chi connectivity index (χ2n) is 4.60. The fourth-order valence-electron chi connectivity index (χ4n) is 1.74. The van der Waals surface area contributed by atoms with Crippen molar-refractivity contribution in [2.24, 2.45) is 0 Å². The zero-order valence-electron chi connectivity index (χ0n) is 11.9. The molecule has 118 valence electrons. The maximum absolute atomic E-state index is 11.5. The fourth-order valence-corrected chi connectivity index (χ4v) is 1.74. The number of rotatable bonds is 4. The molecule has 2 aromatic rings. The van der Waals surface area contributed by atoms with Gasteiger partial charge >= 0.3 is 5.97 Å². The van der Waals surface area contributed by atoms with Crippen LogP contribution in [0.5, 0.6) is 23.0 Å². The lowest BCUT2D eigenvalue weighted by atomic mass is 10.2. The van der Waals surface area contributed by atoms with Crippen molar-refractivity contribution in [2.75, 3.05) is 0 Å². The molecule has 0 aliphatic carbocycles. The predicted molar refractivity (Wildman–Crippen MR) is 83.7 cm³/mol. The first-order valence-electron chi connectivity index (χ1n) is 6.54. The van der Waals surface area contributed by atoms with Crippen LogP contribution in [0.1, 0.15) is 11.1 Å². The quantitative estimate of drug-likeness (QED) is 0.299. The van der Waals surface area contributed by atoms with Gasteiger partial charge in [-0.1, -0.05) is 6.07 Å². The molecule has 2 aromatic carbocycles.